The Morgan fingerprint density at radius 3 is 1.54 bits per heavy atom. The van der Waals surface area contributed by atoms with Crippen molar-refractivity contribution in [3.63, 3.8) is 0 Å². The number of rotatable bonds is 0. The predicted molar refractivity (Wildman–Crippen MR) is 211 cm³/mol. The van der Waals surface area contributed by atoms with E-state index in [1.54, 1.807) is 30.3 Å². The van der Waals surface area contributed by atoms with E-state index in [9.17, 15) is 18.0 Å². The average Bonchev–Trinajstić information content (AvgIpc) is 4.05. The summed E-state index contributed by atoms with van der Waals surface area (Å²) >= 11 is 0. The summed E-state index contributed by atoms with van der Waals surface area (Å²) in [5, 5.41) is 3.77. The van der Waals surface area contributed by atoms with Gasteiger partial charge in [-0.3, -0.25) is 4.18 Å². The number of ether oxygens (including phenoxy) is 2. The maximum absolute atomic E-state index is 11.0. The van der Waals surface area contributed by atoms with Crippen molar-refractivity contribution in [1.29, 1.82) is 0 Å². The Bertz CT molecular complexity index is 2350. The Balaban J connectivity index is 0.000000120. The van der Waals surface area contributed by atoms with E-state index >= 15 is 0 Å². The second kappa shape index (κ2) is 16.7. The fraction of sp³-hybridized carbons (Fsp3) is 0.174. The molecular weight excluding hydrogens is 978 g/mol. The van der Waals surface area contributed by atoms with Crippen LogP contribution in [-0.4, -0.2) is 20.3 Å². The van der Waals surface area contributed by atoms with Gasteiger partial charge in [0.05, 0.1) is 36.2 Å². The van der Waals surface area contributed by atoms with Gasteiger partial charge < -0.3 is 19.6 Å². The molecule has 280 valence electrons. The van der Waals surface area contributed by atoms with E-state index in [0.29, 0.717) is 23.6 Å². The smallest absolute Gasteiger partial charge is 0.338 e. The summed E-state index contributed by atoms with van der Waals surface area (Å²) in [5.41, 5.74) is 12.8. The first-order valence-corrected chi connectivity index (χ1v) is 19.4. The minimum Gasteiger partial charge on any atom is -0.645 e. The summed E-state index contributed by atoms with van der Waals surface area (Å²) in [6.07, 6.45) is 0. The van der Waals surface area contributed by atoms with E-state index in [0.717, 1.165) is 35.5 Å². The fourth-order valence-corrected chi connectivity index (χ4v) is 8.13. The van der Waals surface area contributed by atoms with E-state index in [4.69, 9.17) is 9.47 Å². The van der Waals surface area contributed by atoms with Crippen LogP contribution in [0.15, 0.2) is 150 Å². The number of hydrogen-bond acceptors (Lipinski definition) is 7. The molecule has 0 saturated heterocycles. The number of fused-ring (bicyclic) bond motifs is 7. The maximum atomic E-state index is 11.0. The average molecular weight is 1020 g/mol. The van der Waals surface area contributed by atoms with E-state index < -0.39 is 10.1 Å². The van der Waals surface area contributed by atoms with Gasteiger partial charge in [0.1, 0.15) is 6.61 Å². The number of cyclic esters (lactones) is 1. The van der Waals surface area contributed by atoms with Crippen molar-refractivity contribution in [3.8, 4) is 11.1 Å². The first kappa shape index (κ1) is 38.8. The summed E-state index contributed by atoms with van der Waals surface area (Å²) in [5.74, 6) is -0.272. The van der Waals surface area contributed by atoms with Crippen molar-refractivity contribution in [3.05, 3.63) is 201 Å². The zero-order chi connectivity index (χ0) is 38.4. The number of nitrogens with zero attached hydrogens (tertiary/aromatic N) is 1. The van der Waals surface area contributed by atoms with E-state index in [1.807, 2.05) is 54.6 Å². The van der Waals surface area contributed by atoms with Gasteiger partial charge in [0.2, 0.25) is 0 Å². The van der Waals surface area contributed by atoms with E-state index in [1.165, 1.54) is 33.4 Å². The van der Waals surface area contributed by atoms with Crippen LogP contribution in [0.2, 0.25) is 0 Å². The molecule has 6 aromatic carbocycles. The summed E-state index contributed by atoms with van der Waals surface area (Å²) in [6.45, 7) is 7.39. The Hall–Kier alpha value is -6.87. The second-order valence-corrected chi connectivity index (χ2v) is 15.4. The van der Waals surface area contributed by atoms with Gasteiger partial charge in [0.25, 0.3) is 10.1 Å². The summed E-state index contributed by atoms with van der Waals surface area (Å²) in [7, 11) is -3.41. The number of amides is 1. The van der Waals surface area contributed by atoms with Crippen molar-refractivity contribution in [2.45, 2.75) is 57.1 Å². The molecule has 4 heterocycles. The summed E-state index contributed by atoms with van der Waals surface area (Å²) in [4.78, 5) is 22.0. The minimum atomic E-state index is -3.41. The Labute approximate surface area is 321 Å². The number of hydrogen-bond donors (Lipinski definition) is 0. The van der Waals surface area contributed by atoms with Gasteiger partial charge in [-0.2, -0.15) is 8.42 Å². The van der Waals surface area contributed by atoms with Crippen LogP contribution in [0, 0.1) is 0 Å². The van der Waals surface area contributed by atoms with Crippen LogP contribution in [-0.2, 0) is 62.2 Å². The molecule has 5 aliphatic rings. The molecule has 56 heavy (non-hydrogen) atoms. The molecule has 4 aliphatic heterocycles. The number of esters is 1. The van der Waals surface area contributed by atoms with E-state index in [-0.39, 0.29) is 23.9 Å². The SMILES string of the molecule is CC1(C)c2ccccc2-c2ccccc21.O=C1OCc2ccccc21.O=C1[N-]Cc2ccccc21.O=S1(=O)OCc2ccccc21.[Rf].c1ccc2c(c1)COC2. The first-order chi connectivity index (χ1) is 26.6. The van der Waals surface area contributed by atoms with E-state index in [2.05, 4.69) is 84.0 Å². The summed E-state index contributed by atoms with van der Waals surface area (Å²) < 4.78 is 36.6. The molecule has 0 radical (unpaired) electrons. The maximum Gasteiger partial charge on any atom is 0.338 e. The van der Waals surface area contributed by atoms with Gasteiger partial charge in [-0.05, 0) is 45.5 Å². The molecule has 10 heteroatoms. The Kier molecular flexibility index (Phi) is 11.5. The second-order valence-electron chi connectivity index (χ2n) is 13.8. The molecule has 1 amide bonds. The van der Waals surface area contributed by atoms with Crippen LogP contribution in [0.1, 0.15) is 73.5 Å². The van der Waals surface area contributed by atoms with Crippen LogP contribution in [0.4, 0.5) is 0 Å². The largest absolute Gasteiger partial charge is 0.645 e. The van der Waals surface area contributed by atoms with Crippen LogP contribution < -0.4 is 0 Å². The molecule has 6 aromatic rings. The van der Waals surface area contributed by atoms with Crippen molar-refractivity contribution < 1.29 is 31.7 Å². The Morgan fingerprint density at radius 2 is 0.982 bits per heavy atom. The summed E-state index contributed by atoms with van der Waals surface area (Å²) in [6, 6.07) is 47.5. The third kappa shape index (κ3) is 8.12. The molecule has 1 aliphatic carbocycles. The van der Waals surface area contributed by atoms with Gasteiger partial charge >= 0.3 is 5.97 Å². The third-order valence-electron chi connectivity index (χ3n) is 9.97. The molecule has 0 spiro atoms. The number of carbonyl (C=O) groups is 2. The third-order valence-corrected chi connectivity index (χ3v) is 11.3. The van der Waals surface area contributed by atoms with Crippen molar-refractivity contribution in [2.75, 3.05) is 0 Å². The molecular formula is C46H40NO7RfS-. The quantitative estimate of drug-likeness (QED) is 0.110. The van der Waals surface area contributed by atoms with Crippen LogP contribution >= 0.6 is 0 Å². The van der Waals surface area contributed by atoms with Crippen molar-refractivity contribution in [1.82, 2.24) is 0 Å². The van der Waals surface area contributed by atoms with Gasteiger partial charge in [-0.1, -0.05) is 153 Å². The zero-order valence-corrected chi connectivity index (χ0v) is 38.5. The molecule has 8 nitrogen and oxygen atoms in total. The minimum absolute atomic E-state index is 0. The van der Waals surface area contributed by atoms with Gasteiger partial charge in [-0.15, -0.1) is 6.54 Å². The molecule has 0 bridgehead atoms. The zero-order valence-electron chi connectivity index (χ0n) is 31.3. The monoisotopic (exact) mass is 1020 g/mol. The van der Waals surface area contributed by atoms with Gasteiger partial charge in [0, 0.05) is 22.1 Å². The van der Waals surface area contributed by atoms with Crippen LogP contribution in [0.5, 0.6) is 0 Å². The molecule has 0 unspecified atom stereocenters. The van der Waals surface area contributed by atoms with Crippen LogP contribution in [0.25, 0.3) is 16.4 Å². The van der Waals surface area contributed by atoms with Crippen LogP contribution in [0.3, 0.4) is 0 Å². The normalized spacial score (nSPS) is 15.8. The topological polar surface area (TPSA) is 110 Å². The molecule has 0 atom stereocenters. The fourth-order valence-electron chi connectivity index (χ4n) is 7.03. The standard InChI is InChI=1S/C15H14.C8H7NO.C8H6O2.C8H8O.C7H6O3S.Rf/c1-15(2)13-9-5-3-7-11(13)12-8-4-6-10-14(12)15;10-8-7-4-2-1-3-6(7)5-9-8;9-8-7-4-2-1-3-6(7)5-10-8;1-2-4-8-6-9-5-7(8)3-1;8-11(9)7-4-2-1-3-6(7)5-10-11;/h3-10H,1-2H3;1-4H,5H2,(H,9,10);1-4H,5H2;1-4H,5-6H2;1-4H,5H2;/p-1. The molecule has 0 aromatic heterocycles. The predicted octanol–water partition coefficient (Wildman–Crippen LogP) is 9.69. The first-order valence-electron chi connectivity index (χ1n) is 18.0. The molecule has 0 N–H and O–H groups in total. The number of benzene rings is 6. The number of carbonyl (C=O) groups excluding carboxylic acids is 2. The van der Waals surface area contributed by atoms with Crippen molar-refractivity contribution in [2.24, 2.45) is 0 Å². The van der Waals surface area contributed by atoms with Gasteiger partial charge in [-0.25, -0.2) is 4.79 Å². The molecule has 0 fully saturated rings. The van der Waals surface area contributed by atoms with Crippen molar-refractivity contribution >= 4 is 22.0 Å². The van der Waals surface area contributed by atoms with Gasteiger partial charge in [0.15, 0.2) is 0 Å². The molecule has 11 rings (SSSR count). The molecule has 0 saturated carbocycles. The Morgan fingerprint density at radius 1 is 0.518 bits per heavy atom.